The molecule has 0 N–H and O–H groups in total. The van der Waals surface area contributed by atoms with Gasteiger partial charge in [0.25, 0.3) is 0 Å². The Morgan fingerprint density at radius 2 is 1.41 bits per heavy atom. The summed E-state index contributed by atoms with van der Waals surface area (Å²) in [5.41, 5.74) is 3.30. The summed E-state index contributed by atoms with van der Waals surface area (Å²) in [4.78, 5) is 14.1. The van der Waals surface area contributed by atoms with Gasteiger partial charge in [0.2, 0.25) is 0 Å². The third-order valence-corrected chi connectivity index (χ3v) is 4.76. The summed E-state index contributed by atoms with van der Waals surface area (Å²) in [6, 6.07) is 21.1. The molecule has 1 fully saturated rings. The molecule has 1 aliphatic rings. The molecule has 1 aliphatic heterocycles. The lowest BCUT2D eigenvalue weighted by Gasteiger charge is -2.32. The molecule has 142 valence electrons. The van der Waals surface area contributed by atoms with Crippen LogP contribution in [0.4, 0.5) is 4.79 Å². The Labute approximate surface area is 162 Å². The van der Waals surface area contributed by atoms with Crippen molar-refractivity contribution >= 4 is 11.7 Å². The van der Waals surface area contributed by atoms with Crippen molar-refractivity contribution in [3.63, 3.8) is 0 Å². The Balaban J connectivity index is 1.73. The molecule has 0 bridgehead atoms. The fourth-order valence-corrected chi connectivity index (χ4v) is 3.41. The zero-order chi connectivity index (χ0) is 19.3. The first-order valence-corrected chi connectivity index (χ1v) is 9.73. The number of amides is 1. The van der Waals surface area contributed by atoms with Gasteiger partial charge in [0.05, 0.1) is 0 Å². The average molecular weight is 364 g/mol. The van der Waals surface area contributed by atoms with E-state index in [-0.39, 0.29) is 6.09 Å². The van der Waals surface area contributed by atoms with E-state index in [2.05, 4.69) is 54.6 Å². The van der Waals surface area contributed by atoms with E-state index >= 15 is 0 Å². The molecule has 3 heteroatoms. The van der Waals surface area contributed by atoms with Crippen molar-refractivity contribution in [3.8, 4) is 0 Å². The monoisotopic (exact) mass is 363 g/mol. The van der Waals surface area contributed by atoms with Crippen molar-refractivity contribution in [2.24, 2.45) is 5.92 Å². The highest BCUT2D eigenvalue weighted by atomic mass is 16.6. The summed E-state index contributed by atoms with van der Waals surface area (Å²) in [5.74, 6) is 0.457. The number of piperidine rings is 1. The predicted octanol–water partition coefficient (Wildman–Crippen LogP) is 5.77. The lowest BCUT2D eigenvalue weighted by Crippen LogP contribution is -2.41. The number of carbonyl (C=O) groups is 1. The van der Waals surface area contributed by atoms with Gasteiger partial charge in [-0.2, -0.15) is 0 Å². The highest BCUT2D eigenvalue weighted by Gasteiger charge is 2.26. The SMILES string of the molecule is CC(C)(C)OC(=O)N1CCC(C=C(c2ccccc2)c2ccccc2)CC1. The first-order chi connectivity index (χ1) is 12.9. The van der Waals surface area contributed by atoms with Crippen LogP contribution < -0.4 is 0 Å². The number of rotatable bonds is 3. The van der Waals surface area contributed by atoms with Gasteiger partial charge in [0.1, 0.15) is 5.60 Å². The first-order valence-electron chi connectivity index (χ1n) is 9.73. The minimum atomic E-state index is -0.443. The molecule has 2 aromatic carbocycles. The van der Waals surface area contributed by atoms with Gasteiger partial charge in [-0.05, 0) is 56.2 Å². The van der Waals surface area contributed by atoms with Crippen molar-refractivity contribution < 1.29 is 9.53 Å². The second-order valence-corrected chi connectivity index (χ2v) is 8.12. The Kier molecular flexibility index (Phi) is 6.00. The highest BCUT2D eigenvalue weighted by molar-refractivity contribution is 5.79. The van der Waals surface area contributed by atoms with Crippen LogP contribution in [0, 0.1) is 5.92 Å². The van der Waals surface area contributed by atoms with E-state index in [4.69, 9.17) is 4.74 Å². The Bertz CT molecular complexity index is 726. The maximum Gasteiger partial charge on any atom is 0.410 e. The summed E-state index contributed by atoms with van der Waals surface area (Å²) in [7, 11) is 0. The van der Waals surface area contributed by atoms with Crippen molar-refractivity contribution in [2.45, 2.75) is 39.2 Å². The van der Waals surface area contributed by atoms with Crippen LogP contribution in [0.5, 0.6) is 0 Å². The van der Waals surface area contributed by atoms with E-state index in [1.807, 2.05) is 37.8 Å². The van der Waals surface area contributed by atoms with Crippen LogP contribution in [-0.2, 0) is 4.74 Å². The second kappa shape index (κ2) is 8.43. The molecule has 0 aliphatic carbocycles. The molecule has 0 unspecified atom stereocenters. The molecule has 0 saturated carbocycles. The Morgan fingerprint density at radius 3 is 1.85 bits per heavy atom. The molecule has 2 aromatic rings. The quantitative estimate of drug-likeness (QED) is 0.693. The largest absolute Gasteiger partial charge is 0.444 e. The van der Waals surface area contributed by atoms with Crippen molar-refractivity contribution in [2.75, 3.05) is 13.1 Å². The molecule has 3 rings (SSSR count). The number of carbonyl (C=O) groups excluding carboxylic acids is 1. The molecular formula is C24H29NO2. The number of allylic oxidation sites excluding steroid dienone is 1. The molecule has 1 amide bonds. The summed E-state index contributed by atoms with van der Waals surface area (Å²) >= 11 is 0. The Hall–Kier alpha value is -2.55. The molecule has 3 nitrogen and oxygen atoms in total. The van der Waals surface area contributed by atoms with Crippen molar-refractivity contribution in [3.05, 3.63) is 77.9 Å². The third kappa shape index (κ3) is 5.46. The number of ether oxygens (including phenoxy) is 1. The standard InChI is InChI=1S/C24H29NO2/c1-24(2,3)27-23(26)25-16-14-19(15-17-25)18-22(20-10-6-4-7-11-20)21-12-8-5-9-13-21/h4-13,18-19H,14-17H2,1-3H3. The van der Waals surface area contributed by atoms with Crippen LogP contribution in [0.1, 0.15) is 44.7 Å². The van der Waals surface area contributed by atoms with Gasteiger partial charge >= 0.3 is 6.09 Å². The van der Waals surface area contributed by atoms with Gasteiger partial charge in [-0.25, -0.2) is 4.79 Å². The summed E-state index contributed by atoms with van der Waals surface area (Å²) in [6.07, 6.45) is 4.11. The minimum absolute atomic E-state index is 0.198. The number of hydrogen-bond acceptors (Lipinski definition) is 2. The van der Waals surface area contributed by atoms with Crippen LogP contribution in [0.2, 0.25) is 0 Å². The van der Waals surface area contributed by atoms with Crippen LogP contribution in [0.15, 0.2) is 66.7 Å². The van der Waals surface area contributed by atoms with Gasteiger partial charge in [0.15, 0.2) is 0 Å². The van der Waals surface area contributed by atoms with Gasteiger partial charge < -0.3 is 9.64 Å². The van der Waals surface area contributed by atoms with Gasteiger partial charge in [0, 0.05) is 13.1 Å². The lowest BCUT2D eigenvalue weighted by molar-refractivity contribution is 0.0197. The van der Waals surface area contributed by atoms with Crippen LogP contribution >= 0.6 is 0 Å². The van der Waals surface area contributed by atoms with Gasteiger partial charge in [-0.15, -0.1) is 0 Å². The number of hydrogen-bond donors (Lipinski definition) is 0. The van der Waals surface area contributed by atoms with Crippen LogP contribution in [-0.4, -0.2) is 29.7 Å². The topological polar surface area (TPSA) is 29.5 Å². The average Bonchev–Trinajstić information content (AvgIpc) is 2.66. The Morgan fingerprint density at radius 1 is 0.926 bits per heavy atom. The zero-order valence-electron chi connectivity index (χ0n) is 16.5. The summed E-state index contributed by atoms with van der Waals surface area (Å²) in [6.45, 7) is 7.21. The molecule has 1 saturated heterocycles. The lowest BCUT2D eigenvalue weighted by atomic mass is 9.89. The van der Waals surface area contributed by atoms with Crippen LogP contribution in [0.25, 0.3) is 5.57 Å². The molecule has 1 heterocycles. The van der Waals surface area contributed by atoms with Gasteiger partial charge in [-0.3, -0.25) is 0 Å². The third-order valence-electron chi connectivity index (χ3n) is 4.76. The van der Waals surface area contributed by atoms with Crippen molar-refractivity contribution in [1.82, 2.24) is 4.90 Å². The van der Waals surface area contributed by atoms with E-state index in [0.717, 1.165) is 25.9 Å². The molecular weight excluding hydrogens is 334 g/mol. The second-order valence-electron chi connectivity index (χ2n) is 8.12. The van der Waals surface area contributed by atoms with E-state index in [1.54, 1.807) is 0 Å². The molecule has 0 atom stereocenters. The minimum Gasteiger partial charge on any atom is -0.444 e. The maximum absolute atomic E-state index is 12.3. The van der Waals surface area contributed by atoms with Crippen LogP contribution in [0.3, 0.4) is 0 Å². The van der Waals surface area contributed by atoms with E-state index in [9.17, 15) is 4.79 Å². The van der Waals surface area contributed by atoms with Gasteiger partial charge in [-0.1, -0.05) is 66.7 Å². The highest BCUT2D eigenvalue weighted by Crippen LogP contribution is 2.29. The maximum atomic E-state index is 12.3. The predicted molar refractivity (Wildman–Crippen MR) is 110 cm³/mol. The first kappa shape index (κ1) is 19.2. The molecule has 0 spiro atoms. The fourth-order valence-electron chi connectivity index (χ4n) is 3.41. The number of nitrogens with zero attached hydrogens (tertiary/aromatic N) is 1. The van der Waals surface area contributed by atoms with E-state index in [1.165, 1.54) is 16.7 Å². The zero-order valence-corrected chi connectivity index (χ0v) is 16.5. The number of benzene rings is 2. The fraction of sp³-hybridized carbons (Fsp3) is 0.375. The van der Waals surface area contributed by atoms with E-state index in [0.29, 0.717) is 5.92 Å². The number of likely N-dealkylation sites (tertiary alicyclic amines) is 1. The van der Waals surface area contributed by atoms with Crippen molar-refractivity contribution in [1.29, 1.82) is 0 Å². The van der Waals surface area contributed by atoms with E-state index < -0.39 is 5.60 Å². The molecule has 0 aromatic heterocycles. The normalized spacial score (nSPS) is 15.3. The molecule has 0 radical (unpaired) electrons. The summed E-state index contributed by atoms with van der Waals surface area (Å²) < 4.78 is 5.50. The molecule has 27 heavy (non-hydrogen) atoms. The smallest absolute Gasteiger partial charge is 0.410 e. The summed E-state index contributed by atoms with van der Waals surface area (Å²) in [5, 5.41) is 0.